The SMILES string of the molecule is NC(=O)c1ccc([N+]2(NCCc3cccc(N)c3Cc3ncncn3)CCNC(Cc3ccccc3)C2)c(Cc2ccccc2N)c1. The molecule has 10 nitrogen and oxygen atoms in total. The van der Waals surface area contributed by atoms with Gasteiger partial charge in [0.2, 0.25) is 5.91 Å². The number of carbonyl (C=O) groups excluding carboxylic acids is 1. The van der Waals surface area contributed by atoms with E-state index >= 15 is 0 Å². The van der Waals surface area contributed by atoms with Crippen molar-refractivity contribution in [3.63, 3.8) is 0 Å². The van der Waals surface area contributed by atoms with Gasteiger partial charge in [0.15, 0.2) is 5.69 Å². The first-order valence-corrected chi connectivity index (χ1v) is 16.0. The molecule has 4 aromatic carbocycles. The highest BCUT2D eigenvalue weighted by molar-refractivity contribution is 5.93. The van der Waals surface area contributed by atoms with Crippen LogP contribution < -0.4 is 32.5 Å². The largest absolute Gasteiger partial charge is 0.398 e. The van der Waals surface area contributed by atoms with Crippen molar-refractivity contribution in [2.45, 2.75) is 31.7 Å². The van der Waals surface area contributed by atoms with Crippen LogP contribution in [0.25, 0.3) is 0 Å². The second-order valence-electron chi connectivity index (χ2n) is 12.2. The quantitative estimate of drug-likeness (QED) is 0.104. The summed E-state index contributed by atoms with van der Waals surface area (Å²) < 4.78 is 0.538. The lowest BCUT2D eigenvalue weighted by Gasteiger charge is -2.45. The standard InChI is InChI=1S/C37H41N9O/c38-33-11-5-4-9-28(33)20-30-21-29(37(40)47)13-14-35(30)46(18-17-42-31(23-46)19-26-7-2-1-3-8-26)45-16-15-27-10-6-12-34(39)32(27)22-36-43-24-41-25-44-36/h1-14,21,24-25,31,42,45H,15-20,22-23,38-39H2,(H-,40,47)/p+1. The first kappa shape index (κ1) is 31.8. The average Bonchev–Trinajstić information content (AvgIpc) is 3.08. The van der Waals surface area contributed by atoms with Crippen LogP contribution in [0.15, 0.2) is 104 Å². The summed E-state index contributed by atoms with van der Waals surface area (Å²) in [6.45, 7) is 3.12. The van der Waals surface area contributed by atoms with Crippen LogP contribution in [0.2, 0.25) is 0 Å². The van der Waals surface area contributed by atoms with Crippen molar-refractivity contribution in [1.29, 1.82) is 0 Å². The molecule has 8 N–H and O–H groups in total. The first-order valence-electron chi connectivity index (χ1n) is 16.0. The Morgan fingerprint density at radius 3 is 2.38 bits per heavy atom. The number of amides is 1. The van der Waals surface area contributed by atoms with Crippen LogP contribution in [0.3, 0.4) is 0 Å². The summed E-state index contributed by atoms with van der Waals surface area (Å²) in [6, 6.07) is 30.6. The molecule has 1 fully saturated rings. The fourth-order valence-corrected chi connectivity index (χ4v) is 6.69. The number of para-hydroxylation sites is 1. The Labute approximate surface area is 275 Å². The van der Waals surface area contributed by atoms with E-state index in [1.807, 2.05) is 54.6 Å². The molecule has 2 atom stereocenters. The normalized spacial score (nSPS) is 17.7. The lowest BCUT2D eigenvalue weighted by atomic mass is 9.96. The van der Waals surface area contributed by atoms with Crippen molar-refractivity contribution in [2.75, 3.05) is 37.6 Å². The van der Waals surface area contributed by atoms with Crippen molar-refractivity contribution < 1.29 is 4.79 Å². The molecule has 0 aliphatic carbocycles. The van der Waals surface area contributed by atoms with Crippen LogP contribution in [0.1, 0.15) is 44.0 Å². The number of hydrogen-bond acceptors (Lipinski definition) is 8. The van der Waals surface area contributed by atoms with Gasteiger partial charge >= 0.3 is 0 Å². The summed E-state index contributed by atoms with van der Waals surface area (Å²) >= 11 is 0. The van der Waals surface area contributed by atoms with Gasteiger partial charge in [0, 0.05) is 54.5 Å². The number of aromatic nitrogens is 3. The zero-order valence-electron chi connectivity index (χ0n) is 26.5. The number of nitrogen functional groups attached to an aromatic ring is 2. The van der Waals surface area contributed by atoms with E-state index in [9.17, 15) is 4.79 Å². The Balaban J connectivity index is 1.34. The molecule has 6 rings (SSSR count). The fraction of sp³-hybridized carbons (Fsp3) is 0.243. The van der Waals surface area contributed by atoms with Gasteiger partial charge in [-0.25, -0.2) is 19.5 Å². The van der Waals surface area contributed by atoms with Gasteiger partial charge < -0.3 is 22.5 Å². The summed E-state index contributed by atoms with van der Waals surface area (Å²) in [7, 11) is 0. The predicted molar refractivity (Wildman–Crippen MR) is 187 cm³/mol. The molecule has 1 aliphatic rings. The number of primary amides is 1. The highest BCUT2D eigenvalue weighted by Gasteiger charge is 2.39. The van der Waals surface area contributed by atoms with Gasteiger partial charge in [-0.15, -0.1) is 0 Å². The smallest absolute Gasteiger partial charge is 0.248 e. The fourth-order valence-electron chi connectivity index (χ4n) is 6.69. The van der Waals surface area contributed by atoms with Crippen LogP contribution in [0.5, 0.6) is 0 Å². The maximum atomic E-state index is 12.4. The number of nitrogens with zero attached hydrogens (tertiary/aromatic N) is 4. The lowest BCUT2D eigenvalue weighted by molar-refractivity contribution is 0.0999. The molecule has 1 saturated heterocycles. The molecule has 1 aliphatic heterocycles. The Kier molecular flexibility index (Phi) is 9.82. The van der Waals surface area contributed by atoms with E-state index in [0.29, 0.717) is 35.4 Å². The summed E-state index contributed by atoms with van der Waals surface area (Å²) in [5.41, 5.74) is 31.2. The molecule has 0 radical (unpaired) electrons. The first-order chi connectivity index (χ1) is 22.9. The van der Waals surface area contributed by atoms with Crippen LogP contribution in [-0.2, 0) is 25.7 Å². The zero-order chi connectivity index (χ0) is 32.6. The van der Waals surface area contributed by atoms with Gasteiger partial charge in [0.05, 0.1) is 6.04 Å². The molecule has 1 amide bonds. The van der Waals surface area contributed by atoms with E-state index in [-0.39, 0.29) is 6.04 Å². The number of piperazine rings is 1. The molecular formula is C37H42N9O+. The number of anilines is 2. The Hall–Kier alpha value is -5.16. The van der Waals surface area contributed by atoms with Crippen molar-refractivity contribution in [2.24, 2.45) is 5.73 Å². The van der Waals surface area contributed by atoms with Crippen molar-refractivity contribution in [3.05, 3.63) is 143 Å². The molecule has 2 heterocycles. The predicted octanol–water partition coefficient (Wildman–Crippen LogP) is 3.59. The third-order valence-corrected chi connectivity index (χ3v) is 9.04. The number of quaternary nitrogens is 1. The van der Waals surface area contributed by atoms with Crippen LogP contribution in [0.4, 0.5) is 17.1 Å². The number of rotatable bonds is 12. The molecule has 0 bridgehead atoms. The minimum Gasteiger partial charge on any atom is -0.398 e. The summed E-state index contributed by atoms with van der Waals surface area (Å²) in [6.07, 6.45) is 5.78. The number of nitrogens with one attached hydrogen (secondary N) is 2. The highest BCUT2D eigenvalue weighted by Crippen LogP contribution is 2.32. The van der Waals surface area contributed by atoms with Gasteiger partial charge in [-0.05, 0) is 59.4 Å². The maximum absolute atomic E-state index is 12.4. The lowest BCUT2D eigenvalue weighted by Crippen LogP contribution is -2.70. The van der Waals surface area contributed by atoms with Crippen LogP contribution >= 0.6 is 0 Å². The molecule has 10 heteroatoms. The number of carbonyl (C=O) groups is 1. The monoisotopic (exact) mass is 628 g/mol. The molecule has 0 saturated carbocycles. The average molecular weight is 629 g/mol. The van der Waals surface area contributed by atoms with Gasteiger partial charge in [0.25, 0.3) is 0 Å². The molecule has 2 unspecified atom stereocenters. The van der Waals surface area contributed by atoms with E-state index in [0.717, 1.165) is 71.8 Å². The van der Waals surface area contributed by atoms with E-state index in [1.165, 1.54) is 18.2 Å². The summed E-state index contributed by atoms with van der Waals surface area (Å²) in [4.78, 5) is 25.0. The minimum absolute atomic E-state index is 0.218. The minimum atomic E-state index is -0.451. The Morgan fingerprint density at radius 1 is 0.851 bits per heavy atom. The molecule has 1 aromatic heterocycles. The second-order valence-corrected chi connectivity index (χ2v) is 12.2. The third kappa shape index (κ3) is 7.63. The highest BCUT2D eigenvalue weighted by atomic mass is 16.1. The Bertz CT molecular complexity index is 1820. The van der Waals surface area contributed by atoms with Crippen LogP contribution in [-0.4, -0.2) is 53.1 Å². The van der Waals surface area contributed by atoms with E-state index in [4.69, 9.17) is 17.2 Å². The summed E-state index contributed by atoms with van der Waals surface area (Å²) in [5, 5.41) is 3.77. The van der Waals surface area contributed by atoms with Crippen molar-refractivity contribution >= 4 is 23.0 Å². The number of nitrogens with two attached hydrogens (primary N) is 3. The van der Waals surface area contributed by atoms with Crippen molar-refractivity contribution in [3.8, 4) is 0 Å². The van der Waals surface area contributed by atoms with Crippen LogP contribution in [0, 0.1) is 0 Å². The van der Waals surface area contributed by atoms with Gasteiger partial charge in [-0.2, -0.15) is 5.43 Å². The van der Waals surface area contributed by atoms with E-state index in [2.05, 4.69) is 62.1 Å². The van der Waals surface area contributed by atoms with Gasteiger partial charge in [-0.1, -0.05) is 60.7 Å². The van der Waals surface area contributed by atoms with Crippen molar-refractivity contribution in [1.82, 2.24) is 30.3 Å². The Morgan fingerprint density at radius 2 is 1.60 bits per heavy atom. The number of benzene rings is 4. The maximum Gasteiger partial charge on any atom is 0.248 e. The summed E-state index contributed by atoms with van der Waals surface area (Å²) in [5.74, 6) is 0.230. The molecule has 5 aromatic rings. The van der Waals surface area contributed by atoms with E-state index < -0.39 is 5.91 Å². The second kappa shape index (κ2) is 14.5. The molecule has 0 spiro atoms. The third-order valence-electron chi connectivity index (χ3n) is 9.04. The van der Waals surface area contributed by atoms with E-state index in [1.54, 1.807) is 0 Å². The van der Waals surface area contributed by atoms with Gasteiger partial charge in [-0.3, -0.25) is 4.79 Å². The van der Waals surface area contributed by atoms with Gasteiger partial charge in [0.1, 0.15) is 31.6 Å². The topological polar surface area (TPSA) is 158 Å². The molecule has 240 valence electrons. The zero-order valence-corrected chi connectivity index (χ0v) is 26.5. The molecule has 47 heavy (non-hydrogen) atoms. The molecular weight excluding hydrogens is 586 g/mol. The number of hydrogen-bond donors (Lipinski definition) is 5.